The summed E-state index contributed by atoms with van der Waals surface area (Å²) < 4.78 is 56.2. The number of nitrogens with one attached hydrogen (secondary N) is 1. The van der Waals surface area contributed by atoms with Crippen LogP contribution in [0.1, 0.15) is 56.6 Å². The third-order valence-corrected chi connectivity index (χ3v) is 7.16. The summed E-state index contributed by atoms with van der Waals surface area (Å²) in [5, 5.41) is 7.50. The maximum absolute atomic E-state index is 13.6. The van der Waals surface area contributed by atoms with Crippen LogP contribution in [0.25, 0.3) is 11.3 Å². The maximum atomic E-state index is 13.6. The Hall–Kier alpha value is -2.01. The third-order valence-electron chi connectivity index (χ3n) is 6.07. The molecule has 4 rings (SSSR count). The second kappa shape index (κ2) is 9.23. The molecule has 1 saturated carbocycles. The molecule has 1 unspecified atom stereocenters. The number of hydrogen-bond acceptors (Lipinski definition) is 5. The number of piperidine rings is 1. The summed E-state index contributed by atoms with van der Waals surface area (Å²) in [6.07, 6.45) is 7.91. The summed E-state index contributed by atoms with van der Waals surface area (Å²) in [7, 11) is -1.02. The largest absolute Gasteiger partial charge is 0.419 e. The van der Waals surface area contributed by atoms with E-state index in [2.05, 4.69) is 20.4 Å². The summed E-state index contributed by atoms with van der Waals surface area (Å²) in [6.45, 7) is 1.31. The van der Waals surface area contributed by atoms with Gasteiger partial charge >= 0.3 is 6.18 Å². The predicted molar refractivity (Wildman–Crippen MR) is 113 cm³/mol. The van der Waals surface area contributed by atoms with Crippen LogP contribution in [-0.4, -0.2) is 53.6 Å². The smallest absolute Gasteiger partial charge is 0.351 e. The zero-order chi connectivity index (χ0) is 22.0. The first kappa shape index (κ1) is 22.2. The Labute approximate surface area is 182 Å². The number of hydrogen-bond donors (Lipinski definition) is 1. The van der Waals surface area contributed by atoms with Crippen molar-refractivity contribution in [1.82, 2.24) is 24.1 Å². The number of halogens is 3. The van der Waals surface area contributed by atoms with Gasteiger partial charge in [0.15, 0.2) is 0 Å². The molecule has 31 heavy (non-hydrogen) atoms. The van der Waals surface area contributed by atoms with E-state index in [0.717, 1.165) is 44.7 Å². The van der Waals surface area contributed by atoms with Crippen molar-refractivity contribution in [2.24, 2.45) is 0 Å². The fourth-order valence-electron chi connectivity index (χ4n) is 4.32. The van der Waals surface area contributed by atoms with Gasteiger partial charge in [-0.15, -0.1) is 0 Å². The van der Waals surface area contributed by atoms with Crippen molar-refractivity contribution in [3.05, 3.63) is 24.2 Å². The Morgan fingerprint density at radius 2 is 1.81 bits per heavy atom. The van der Waals surface area contributed by atoms with E-state index in [1.165, 1.54) is 12.6 Å². The van der Waals surface area contributed by atoms with Crippen LogP contribution in [-0.2, 0) is 17.2 Å². The van der Waals surface area contributed by atoms with Crippen molar-refractivity contribution in [2.45, 2.75) is 63.2 Å². The van der Waals surface area contributed by atoms with Crippen molar-refractivity contribution in [3.8, 4) is 11.3 Å². The van der Waals surface area contributed by atoms with Gasteiger partial charge in [-0.2, -0.15) is 18.3 Å². The second-order valence-electron chi connectivity index (χ2n) is 8.23. The van der Waals surface area contributed by atoms with Crippen molar-refractivity contribution in [3.63, 3.8) is 0 Å². The highest BCUT2D eigenvalue weighted by Crippen LogP contribution is 2.37. The van der Waals surface area contributed by atoms with Crippen LogP contribution in [0.5, 0.6) is 0 Å². The molecule has 0 aromatic carbocycles. The zero-order valence-corrected chi connectivity index (χ0v) is 18.3. The standard InChI is InChI=1S/C20H27F3N6OS/c1-31(30)28-9-7-15(8-10-28)26-19-24-12-17(20(21,22)23)18(27-19)14-11-25-29(13-14)16-5-3-2-4-6-16/h11-13,15-16H,2-10H2,1H3,(H,24,26,27). The molecule has 11 heteroatoms. The van der Waals surface area contributed by atoms with Crippen molar-refractivity contribution >= 4 is 16.9 Å². The van der Waals surface area contributed by atoms with Crippen LogP contribution in [0.4, 0.5) is 19.1 Å². The van der Waals surface area contributed by atoms with Crippen LogP contribution < -0.4 is 5.32 Å². The molecule has 0 amide bonds. The number of nitrogens with zero attached hydrogens (tertiary/aromatic N) is 5. The molecule has 2 aliphatic rings. The van der Waals surface area contributed by atoms with E-state index >= 15 is 0 Å². The van der Waals surface area contributed by atoms with E-state index < -0.39 is 22.7 Å². The third kappa shape index (κ3) is 5.25. The van der Waals surface area contributed by atoms with Gasteiger partial charge in [0.2, 0.25) is 5.95 Å². The van der Waals surface area contributed by atoms with Gasteiger partial charge in [0.1, 0.15) is 5.56 Å². The van der Waals surface area contributed by atoms with Gasteiger partial charge in [-0.1, -0.05) is 19.3 Å². The molecular weight excluding hydrogens is 429 g/mol. The minimum absolute atomic E-state index is 0.0225. The molecule has 3 heterocycles. The molecule has 0 radical (unpaired) electrons. The second-order valence-corrected chi connectivity index (χ2v) is 9.59. The summed E-state index contributed by atoms with van der Waals surface area (Å²) in [5.74, 6) is 0.171. The Morgan fingerprint density at radius 3 is 2.45 bits per heavy atom. The van der Waals surface area contributed by atoms with Crippen LogP contribution in [0, 0.1) is 0 Å². The van der Waals surface area contributed by atoms with Gasteiger partial charge in [0.25, 0.3) is 0 Å². The fraction of sp³-hybridized carbons (Fsp3) is 0.650. The summed E-state index contributed by atoms with van der Waals surface area (Å²) in [6, 6.07) is 0.250. The first-order valence-electron chi connectivity index (χ1n) is 10.6. The topological polar surface area (TPSA) is 75.9 Å². The molecule has 1 aliphatic heterocycles. The molecule has 0 bridgehead atoms. The molecular formula is C20H27F3N6OS. The number of alkyl halides is 3. The monoisotopic (exact) mass is 456 g/mol. The average Bonchev–Trinajstić information content (AvgIpc) is 3.24. The van der Waals surface area contributed by atoms with Crippen molar-refractivity contribution < 1.29 is 17.4 Å². The van der Waals surface area contributed by atoms with Crippen molar-refractivity contribution in [1.29, 1.82) is 0 Å². The molecule has 1 aliphatic carbocycles. The number of rotatable bonds is 5. The van der Waals surface area contributed by atoms with E-state index in [4.69, 9.17) is 0 Å². The molecule has 2 aromatic heterocycles. The minimum Gasteiger partial charge on any atom is -0.351 e. The maximum Gasteiger partial charge on any atom is 0.419 e. The first-order valence-corrected chi connectivity index (χ1v) is 12.2. The Kier molecular flexibility index (Phi) is 6.61. The normalized spacial score (nSPS) is 20.6. The summed E-state index contributed by atoms with van der Waals surface area (Å²) >= 11 is 0. The quantitative estimate of drug-likeness (QED) is 0.735. The van der Waals surface area contributed by atoms with Crippen LogP contribution >= 0.6 is 0 Å². The molecule has 2 fully saturated rings. The van der Waals surface area contributed by atoms with E-state index in [9.17, 15) is 17.4 Å². The lowest BCUT2D eigenvalue weighted by atomic mass is 9.96. The van der Waals surface area contributed by atoms with Gasteiger partial charge in [-0.25, -0.2) is 18.5 Å². The van der Waals surface area contributed by atoms with Crippen molar-refractivity contribution in [2.75, 3.05) is 24.7 Å². The molecule has 1 saturated heterocycles. The highest BCUT2D eigenvalue weighted by atomic mass is 32.2. The van der Waals surface area contributed by atoms with Crippen LogP contribution in [0.2, 0.25) is 0 Å². The minimum atomic E-state index is -4.56. The SMILES string of the molecule is CS(=O)N1CCC(Nc2ncc(C(F)(F)F)c(-c3cnn(C4CCCCC4)c3)n2)CC1. The summed E-state index contributed by atoms with van der Waals surface area (Å²) in [4.78, 5) is 8.18. The highest BCUT2D eigenvalue weighted by molar-refractivity contribution is 7.81. The Morgan fingerprint density at radius 1 is 1.10 bits per heavy atom. The number of aromatic nitrogens is 4. The highest BCUT2D eigenvalue weighted by Gasteiger charge is 2.36. The van der Waals surface area contributed by atoms with Crippen LogP contribution in [0.15, 0.2) is 18.6 Å². The molecule has 0 spiro atoms. The zero-order valence-electron chi connectivity index (χ0n) is 17.4. The van der Waals surface area contributed by atoms with E-state index in [1.54, 1.807) is 17.1 Å². The predicted octanol–water partition coefficient (Wildman–Crippen LogP) is 4.03. The van der Waals surface area contributed by atoms with E-state index in [-0.39, 0.29) is 23.7 Å². The molecule has 2 aromatic rings. The molecule has 1 N–H and O–H groups in total. The molecule has 1 atom stereocenters. The lowest BCUT2D eigenvalue weighted by molar-refractivity contribution is -0.137. The Bertz CT molecular complexity index is 920. The van der Waals surface area contributed by atoms with Gasteiger partial charge in [-0.3, -0.25) is 4.68 Å². The van der Waals surface area contributed by atoms with Crippen LogP contribution in [0.3, 0.4) is 0 Å². The fourth-order valence-corrected chi connectivity index (χ4v) is 5.05. The van der Waals surface area contributed by atoms with E-state index in [1.807, 2.05) is 4.31 Å². The molecule has 170 valence electrons. The number of anilines is 1. The van der Waals surface area contributed by atoms with Gasteiger partial charge < -0.3 is 5.32 Å². The molecule has 7 nitrogen and oxygen atoms in total. The lowest BCUT2D eigenvalue weighted by Gasteiger charge is -2.30. The lowest BCUT2D eigenvalue weighted by Crippen LogP contribution is -2.39. The average molecular weight is 457 g/mol. The summed E-state index contributed by atoms with van der Waals surface area (Å²) in [5.41, 5.74) is -0.670. The van der Waals surface area contributed by atoms with Gasteiger partial charge in [0, 0.05) is 43.3 Å². The first-order chi connectivity index (χ1) is 14.8. The van der Waals surface area contributed by atoms with Gasteiger partial charge in [-0.05, 0) is 25.7 Å². The van der Waals surface area contributed by atoms with E-state index in [0.29, 0.717) is 18.7 Å². The van der Waals surface area contributed by atoms with Gasteiger partial charge in [0.05, 0.1) is 28.9 Å². The Balaban J connectivity index is 1.56.